The first-order valence-corrected chi connectivity index (χ1v) is 11.1. The quantitative estimate of drug-likeness (QED) is 0.615. The van der Waals surface area contributed by atoms with E-state index in [9.17, 15) is 27.6 Å². The van der Waals surface area contributed by atoms with Crippen LogP contribution in [0.25, 0.3) is 10.9 Å². The zero-order valence-electron chi connectivity index (χ0n) is 18.2. The van der Waals surface area contributed by atoms with Gasteiger partial charge in [0.05, 0.1) is 5.41 Å². The molecule has 176 valence electrons. The predicted octanol–water partition coefficient (Wildman–Crippen LogP) is 3.09. The Hall–Kier alpha value is -3.56. The monoisotopic (exact) mass is 470 g/mol. The first-order chi connectivity index (χ1) is 16.1. The van der Waals surface area contributed by atoms with E-state index in [-0.39, 0.29) is 34.4 Å². The van der Waals surface area contributed by atoms with Crippen molar-refractivity contribution in [3.05, 3.63) is 63.7 Å². The molecular weight excluding hydrogens is 449 g/mol. The minimum atomic E-state index is -4.53. The van der Waals surface area contributed by atoms with Crippen LogP contribution in [0.1, 0.15) is 46.8 Å². The molecule has 0 bridgehead atoms. The normalized spacial score (nSPS) is 23.6. The number of anilines is 1. The van der Waals surface area contributed by atoms with E-state index in [0.717, 1.165) is 17.7 Å². The van der Waals surface area contributed by atoms with E-state index >= 15 is 0 Å². The Kier molecular flexibility index (Phi) is 4.16. The number of hydrogen-bond acceptors (Lipinski definition) is 3. The number of carbonyl (C=O) groups excluding carboxylic acids is 2. The molecule has 2 amide bonds. The lowest BCUT2D eigenvalue weighted by Gasteiger charge is -2.20. The van der Waals surface area contributed by atoms with Gasteiger partial charge in [0, 0.05) is 36.3 Å². The highest BCUT2D eigenvalue weighted by atomic mass is 19.4. The second-order valence-electron chi connectivity index (χ2n) is 9.47. The third-order valence-corrected chi connectivity index (χ3v) is 7.13. The molecule has 1 spiro atoms. The van der Waals surface area contributed by atoms with Crippen LogP contribution >= 0.6 is 0 Å². The van der Waals surface area contributed by atoms with E-state index < -0.39 is 30.0 Å². The number of aromatic nitrogens is 2. The van der Waals surface area contributed by atoms with Crippen molar-refractivity contribution in [2.75, 3.05) is 11.4 Å². The summed E-state index contributed by atoms with van der Waals surface area (Å²) in [6.45, 7) is -1.35. The van der Waals surface area contributed by atoms with E-state index in [0.29, 0.717) is 22.9 Å². The molecule has 3 aromatic rings. The number of halogens is 3. The highest BCUT2D eigenvalue weighted by molar-refractivity contribution is 6.12. The molecule has 0 radical (unpaired) electrons. The Morgan fingerprint density at radius 3 is 2.68 bits per heavy atom. The average Bonchev–Trinajstić information content (AvgIpc) is 3.68. The van der Waals surface area contributed by atoms with Gasteiger partial charge < -0.3 is 19.8 Å². The summed E-state index contributed by atoms with van der Waals surface area (Å²) in [7, 11) is 1.57. The predicted molar refractivity (Wildman–Crippen MR) is 118 cm³/mol. The zero-order valence-corrected chi connectivity index (χ0v) is 18.2. The Balaban J connectivity index is 1.45. The van der Waals surface area contributed by atoms with Crippen molar-refractivity contribution in [3.63, 3.8) is 0 Å². The van der Waals surface area contributed by atoms with Crippen molar-refractivity contribution >= 4 is 28.4 Å². The third kappa shape index (κ3) is 3.00. The molecule has 2 fully saturated rings. The molecule has 1 aromatic carbocycles. The summed E-state index contributed by atoms with van der Waals surface area (Å²) in [4.78, 5) is 42.5. The molecule has 3 aliphatic rings. The number of alkyl halides is 3. The molecule has 10 heteroatoms. The zero-order chi connectivity index (χ0) is 24.0. The molecule has 2 saturated carbocycles. The topological polar surface area (TPSA) is 87.2 Å². The van der Waals surface area contributed by atoms with Crippen LogP contribution in [0.15, 0.2) is 41.3 Å². The van der Waals surface area contributed by atoms with Gasteiger partial charge in [0.2, 0.25) is 5.91 Å². The summed E-state index contributed by atoms with van der Waals surface area (Å²) >= 11 is 0. The number of para-hydroxylation sites is 1. The SMILES string of the molecule is Cn1cc([C@@H]2C[C@@]23C(=O)N(CC(F)(F)F)c2ccccc23)c2cc(C(=O)NC3CC3)[nH]c2c1=O. The van der Waals surface area contributed by atoms with Crippen molar-refractivity contribution < 1.29 is 22.8 Å². The largest absolute Gasteiger partial charge is 0.406 e. The number of nitrogens with zero attached hydrogens (tertiary/aromatic N) is 2. The highest BCUT2D eigenvalue weighted by Gasteiger charge is 2.68. The van der Waals surface area contributed by atoms with Crippen molar-refractivity contribution in [2.24, 2.45) is 7.05 Å². The summed E-state index contributed by atoms with van der Waals surface area (Å²) in [5.41, 5.74) is 0.559. The number of pyridine rings is 1. The van der Waals surface area contributed by atoms with Gasteiger partial charge in [-0.05, 0) is 42.5 Å². The molecule has 6 rings (SSSR count). The molecule has 3 heterocycles. The van der Waals surface area contributed by atoms with Gasteiger partial charge in [-0.3, -0.25) is 14.4 Å². The van der Waals surface area contributed by atoms with Crippen LogP contribution in [0, 0.1) is 0 Å². The molecule has 2 aliphatic carbocycles. The van der Waals surface area contributed by atoms with Crippen LogP contribution in [0.3, 0.4) is 0 Å². The van der Waals surface area contributed by atoms with E-state index in [4.69, 9.17) is 0 Å². The van der Waals surface area contributed by atoms with Crippen LogP contribution in [-0.2, 0) is 17.3 Å². The van der Waals surface area contributed by atoms with E-state index in [1.54, 1.807) is 37.5 Å². The summed E-state index contributed by atoms with van der Waals surface area (Å²) in [6, 6.07) is 8.32. The maximum absolute atomic E-state index is 13.4. The van der Waals surface area contributed by atoms with Crippen molar-refractivity contribution in [1.82, 2.24) is 14.9 Å². The summed E-state index contributed by atoms with van der Waals surface area (Å²) in [6.07, 6.45) is -0.742. The van der Waals surface area contributed by atoms with Crippen molar-refractivity contribution in [2.45, 2.75) is 42.8 Å². The van der Waals surface area contributed by atoms with Crippen LogP contribution in [0.4, 0.5) is 18.9 Å². The van der Waals surface area contributed by atoms with E-state index in [1.807, 2.05) is 0 Å². The van der Waals surface area contributed by atoms with E-state index in [2.05, 4.69) is 10.3 Å². The maximum Gasteiger partial charge on any atom is 0.406 e. The molecule has 0 saturated heterocycles. The lowest BCUT2D eigenvalue weighted by molar-refractivity contribution is -0.133. The lowest BCUT2D eigenvalue weighted by Crippen LogP contribution is -2.39. The van der Waals surface area contributed by atoms with Crippen molar-refractivity contribution in [1.29, 1.82) is 0 Å². The Morgan fingerprint density at radius 1 is 1.24 bits per heavy atom. The number of amides is 2. The van der Waals surface area contributed by atoms with Gasteiger partial charge in [-0.2, -0.15) is 13.2 Å². The van der Waals surface area contributed by atoms with Crippen LogP contribution < -0.4 is 15.8 Å². The molecule has 2 aromatic heterocycles. The molecule has 1 aliphatic heterocycles. The average molecular weight is 470 g/mol. The first kappa shape index (κ1) is 21.0. The second kappa shape index (κ2) is 6.74. The summed E-state index contributed by atoms with van der Waals surface area (Å²) in [5.74, 6) is -1.31. The number of benzene rings is 1. The van der Waals surface area contributed by atoms with Gasteiger partial charge in [-0.25, -0.2) is 0 Å². The Morgan fingerprint density at radius 2 is 1.97 bits per heavy atom. The lowest BCUT2D eigenvalue weighted by atomic mass is 9.91. The maximum atomic E-state index is 13.4. The molecule has 34 heavy (non-hydrogen) atoms. The fraction of sp³-hybridized carbons (Fsp3) is 0.375. The molecule has 7 nitrogen and oxygen atoms in total. The smallest absolute Gasteiger partial charge is 0.348 e. The minimum absolute atomic E-state index is 0.139. The fourth-order valence-corrected chi connectivity index (χ4v) is 5.32. The number of rotatable bonds is 4. The number of aryl methyl sites for hydroxylation is 1. The van der Waals surface area contributed by atoms with Gasteiger partial charge in [0.25, 0.3) is 11.5 Å². The molecule has 2 N–H and O–H groups in total. The number of hydrogen-bond donors (Lipinski definition) is 2. The number of H-pyrrole nitrogens is 1. The van der Waals surface area contributed by atoms with Gasteiger partial charge in [0.1, 0.15) is 17.8 Å². The number of fused-ring (bicyclic) bond motifs is 3. The van der Waals surface area contributed by atoms with Gasteiger partial charge in [-0.15, -0.1) is 0 Å². The number of nitrogens with one attached hydrogen (secondary N) is 2. The first-order valence-electron chi connectivity index (χ1n) is 11.1. The second-order valence-corrected chi connectivity index (χ2v) is 9.47. The summed E-state index contributed by atoms with van der Waals surface area (Å²) in [5, 5.41) is 3.40. The molecular formula is C24H21F3N4O3. The fourth-order valence-electron chi connectivity index (χ4n) is 5.32. The number of aromatic amines is 1. The molecule has 2 atom stereocenters. The highest BCUT2D eigenvalue weighted by Crippen LogP contribution is 2.67. The van der Waals surface area contributed by atoms with Crippen LogP contribution in [0.5, 0.6) is 0 Å². The summed E-state index contributed by atoms with van der Waals surface area (Å²) < 4.78 is 41.2. The standard InChI is InChI=1S/C24H21F3N4O3/c1-30-10-14(13-8-17(29-19(13)21(30)33)20(32)28-12-6-7-12)16-9-23(16)15-4-2-3-5-18(15)31(22(23)34)11-24(25,26)27/h2-5,8,10,12,16,29H,6-7,9,11H2,1H3,(H,28,32)/t16-,23-/m0/s1. The van der Waals surface area contributed by atoms with Crippen LogP contribution in [0.2, 0.25) is 0 Å². The Bertz CT molecular complexity index is 1440. The van der Waals surface area contributed by atoms with Gasteiger partial charge in [-0.1, -0.05) is 18.2 Å². The van der Waals surface area contributed by atoms with E-state index in [1.165, 1.54) is 10.6 Å². The van der Waals surface area contributed by atoms with Crippen LogP contribution in [-0.4, -0.2) is 40.1 Å². The van der Waals surface area contributed by atoms with Gasteiger partial charge >= 0.3 is 6.18 Å². The molecule has 0 unspecified atom stereocenters. The van der Waals surface area contributed by atoms with Gasteiger partial charge in [0.15, 0.2) is 0 Å². The minimum Gasteiger partial charge on any atom is -0.348 e. The third-order valence-electron chi connectivity index (χ3n) is 7.13. The Labute approximate surface area is 191 Å². The van der Waals surface area contributed by atoms with Crippen molar-refractivity contribution in [3.8, 4) is 0 Å². The number of carbonyl (C=O) groups is 2.